The number of hydrogen-bond donors (Lipinski definition) is 1. The maximum atomic E-state index is 11.5. The summed E-state index contributed by atoms with van der Waals surface area (Å²) < 4.78 is 10.3. The number of rotatable bonds is 9. The molecule has 2 rings (SSSR count). The molecule has 4 nitrogen and oxygen atoms in total. The lowest BCUT2D eigenvalue weighted by atomic mass is 9.99. The minimum Gasteiger partial charge on any atom is -0.433 e. The number of aliphatic hydroxyl groups is 1. The third-order valence-corrected chi connectivity index (χ3v) is 4.47. The van der Waals surface area contributed by atoms with E-state index in [1.165, 1.54) is 11.1 Å². The molecule has 2 heterocycles. The van der Waals surface area contributed by atoms with Crippen LogP contribution in [0.1, 0.15) is 59.8 Å². The first-order valence-corrected chi connectivity index (χ1v) is 8.87. The molecule has 4 atom stereocenters. The normalized spacial score (nSPS) is 27.5. The highest BCUT2D eigenvalue weighted by atomic mass is 16.8. The molecule has 0 amide bonds. The Morgan fingerprint density at radius 2 is 1.88 bits per heavy atom. The smallest absolute Gasteiger partial charge is 0.314 e. The molecule has 0 radical (unpaired) electrons. The van der Waals surface area contributed by atoms with E-state index in [9.17, 15) is 9.90 Å². The molecule has 0 aliphatic carbocycles. The number of epoxide rings is 1. The van der Waals surface area contributed by atoms with Gasteiger partial charge in [-0.3, -0.25) is 4.79 Å². The molecular formula is C20H30O4. The first-order valence-electron chi connectivity index (χ1n) is 8.87. The summed E-state index contributed by atoms with van der Waals surface area (Å²) in [7, 11) is 0. The van der Waals surface area contributed by atoms with Gasteiger partial charge in [-0.05, 0) is 59.8 Å². The molecule has 1 N–H and O–H groups in total. The van der Waals surface area contributed by atoms with Crippen molar-refractivity contribution in [2.24, 2.45) is 5.92 Å². The summed E-state index contributed by atoms with van der Waals surface area (Å²) in [5, 5.41) is 9.89. The number of aliphatic hydroxyl groups excluding tert-OH is 1. The van der Waals surface area contributed by atoms with Crippen molar-refractivity contribution in [1.82, 2.24) is 0 Å². The lowest BCUT2D eigenvalue weighted by Gasteiger charge is -2.08. The minimum absolute atomic E-state index is 0.0176. The van der Waals surface area contributed by atoms with Crippen molar-refractivity contribution in [3.05, 3.63) is 34.9 Å². The number of hydrogen-bond acceptors (Lipinski definition) is 4. The maximum absolute atomic E-state index is 11.5. The standard InChI is InChI=1S/C20H30O4/c1-13(2)11-16(21)12-15(4)9-5-7-14(3)8-6-10-17-18-20(23-18)24-19(17)22/h8-9,11,16-18,20-21H,5-7,10,12H2,1-4H3/b14-8+,15-9+/t16-,17?,18?,20?/m1/s1. The fourth-order valence-corrected chi connectivity index (χ4v) is 3.12. The van der Waals surface area contributed by atoms with Gasteiger partial charge in [-0.1, -0.05) is 34.9 Å². The third-order valence-electron chi connectivity index (χ3n) is 4.47. The minimum atomic E-state index is -0.387. The number of ether oxygens (including phenoxy) is 2. The molecular weight excluding hydrogens is 304 g/mol. The van der Waals surface area contributed by atoms with Crippen LogP contribution in [0.2, 0.25) is 0 Å². The van der Waals surface area contributed by atoms with Crippen LogP contribution in [-0.2, 0) is 14.3 Å². The SMILES string of the molecule is CC(C)=C[C@@H](O)C/C(C)=C/CC/C(C)=C/CCC1C(=O)OC2OC21. The van der Waals surface area contributed by atoms with Crippen LogP contribution >= 0.6 is 0 Å². The van der Waals surface area contributed by atoms with Gasteiger partial charge in [-0.2, -0.15) is 0 Å². The Morgan fingerprint density at radius 3 is 2.50 bits per heavy atom. The highest BCUT2D eigenvalue weighted by Gasteiger charge is 2.57. The summed E-state index contributed by atoms with van der Waals surface area (Å²) in [6.45, 7) is 8.19. The molecule has 0 saturated carbocycles. The van der Waals surface area contributed by atoms with E-state index in [1.54, 1.807) is 0 Å². The highest BCUT2D eigenvalue weighted by Crippen LogP contribution is 2.40. The second-order valence-corrected chi connectivity index (χ2v) is 7.24. The topological polar surface area (TPSA) is 59.1 Å². The van der Waals surface area contributed by atoms with E-state index in [4.69, 9.17) is 9.47 Å². The van der Waals surface area contributed by atoms with E-state index in [-0.39, 0.29) is 30.4 Å². The van der Waals surface area contributed by atoms with E-state index in [2.05, 4.69) is 26.0 Å². The fraction of sp³-hybridized carbons (Fsp3) is 0.650. The van der Waals surface area contributed by atoms with Gasteiger partial charge in [0.2, 0.25) is 6.29 Å². The summed E-state index contributed by atoms with van der Waals surface area (Å²) in [5.74, 6) is -0.173. The van der Waals surface area contributed by atoms with Crippen molar-refractivity contribution in [2.75, 3.05) is 0 Å². The van der Waals surface area contributed by atoms with Gasteiger partial charge in [-0.25, -0.2) is 0 Å². The van der Waals surface area contributed by atoms with Gasteiger partial charge in [0.05, 0.1) is 12.0 Å². The summed E-state index contributed by atoms with van der Waals surface area (Å²) >= 11 is 0. The molecule has 0 aromatic rings. The Balaban J connectivity index is 1.64. The summed E-state index contributed by atoms with van der Waals surface area (Å²) in [6.07, 6.45) is 10.1. The Bertz CT molecular complexity index is 540. The third kappa shape index (κ3) is 5.91. The average molecular weight is 334 g/mol. The van der Waals surface area contributed by atoms with Crippen LogP contribution in [-0.4, -0.2) is 29.6 Å². The molecule has 0 bridgehead atoms. The van der Waals surface area contributed by atoms with Crippen LogP contribution in [0.15, 0.2) is 34.9 Å². The Morgan fingerprint density at radius 1 is 1.17 bits per heavy atom. The van der Waals surface area contributed by atoms with Crippen LogP contribution in [0.25, 0.3) is 0 Å². The molecule has 2 aliphatic rings. The Kier molecular flexibility index (Phi) is 6.81. The number of esters is 1. The van der Waals surface area contributed by atoms with Crippen molar-refractivity contribution < 1.29 is 19.4 Å². The van der Waals surface area contributed by atoms with E-state index in [0.29, 0.717) is 6.42 Å². The van der Waals surface area contributed by atoms with Crippen molar-refractivity contribution >= 4 is 5.97 Å². The Hall–Kier alpha value is -1.39. The monoisotopic (exact) mass is 334 g/mol. The van der Waals surface area contributed by atoms with Crippen LogP contribution in [0.4, 0.5) is 0 Å². The van der Waals surface area contributed by atoms with E-state index in [0.717, 1.165) is 31.3 Å². The molecule has 24 heavy (non-hydrogen) atoms. The van der Waals surface area contributed by atoms with Gasteiger partial charge in [0.1, 0.15) is 6.10 Å². The average Bonchev–Trinajstić information content (AvgIpc) is 3.14. The maximum Gasteiger partial charge on any atom is 0.314 e. The second-order valence-electron chi connectivity index (χ2n) is 7.24. The molecule has 0 aromatic carbocycles. The van der Waals surface area contributed by atoms with Gasteiger partial charge >= 0.3 is 5.97 Å². The van der Waals surface area contributed by atoms with Gasteiger partial charge in [0, 0.05) is 0 Å². The molecule has 2 saturated heterocycles. The van der Waals surface area contributed by atoms with Crippen molar-refractivity contribution in [3.8, 4) is 0 Å². The quantitative estimate of drug-likeness (QED) is 0.392. The van der Waals surface area contributed by atoms with Crippen molar-refractivity contribution in [2.45, 2.75) is 78.3 Å². The molecule has 134 valence electrons. The predicted molar refractivity (Wildman–Crippen MR) is 94.3 cm³/mol. The van der Waals surface area contributed by atoms with Gasteiger partial charge in [0.15, 0.2) is 0 Å². The number of fused-ring (bicyclic) bond motifs is 1. The molecule has 0 aromatic heterocycles. The van der Waals surface area contributed by atoms with Gasteiger partial charge in [-0.15, -0.1) is 0 Å². The van der Waals surface area contributed by atoms with Crippen molar-refractivity contribution in [3.63, 3.8) is 0 Å². The summed E-state index contributed by atoms with van der Waals surface area (Å²) in [6, 6.07) is 0. The molecule has 2 aliphatic heterocycles. The first kappa shape index (κ1) is 18.9. The highest BCUT2D eigenvalue weighted by molar-refractivity contribution is 5.76. The van der Waals surface area contributed by atoms with Crippen LogP contribution < -0.4 is 0 Å². The van der Waals surface area contributed by atoms with E-state index >= 15 is 0 Å². The molecule has 0 spiro atoms. The number of carbonyl (C=O) groups is 1. The summed E-state index contributed by atoms with van der Waals surface area (Å²) in [5.41, 5.74) is 3.70. The van der Waals surface area contributed by atoms with Crippen LogP contribution in [0, 0.1) is 5.92 Å². The summed E-state index contributed by atoms with van der Waals surface area (Å²) in [4.78, 5) is 11.5. The van der Waals surface area contributed by atoms with Crippen molar-refractivity contribution in [1.29, 1.82) is 0 Å². The van der Waals surface area contributed by atoms with Gasteiger partial charge in [0.25, 0.3) is 0 Å². The zero-order chi connectivity index (χ0) is 17.7. The predicted octanol–water partition coefficient (Wildman–Crippen LogP) is 4.05. The molecule has 3 unspecified atom stereocenters. The Labute approximate surface area is 145 Å². The van der Waals surface area contributed by atoms with E-state index in [1.807, 2.05) is 19.9 Å². The molecule has 4 heteroatoms. The van der Waals surface area contributed by atoms with Crippen LogP contribution in [0.3, 0.4) is 0 Å². The lowest BCUT2D eigenvalue weighted by molar-refractivity contribution is -0.151. The molecule has 2 fully saturated rings. The van der Waals surface area contributed by atoms with Crippen LogP contribution in [0.5, 0.6) is 0 Å². The zero-order valence-corrected chi connectivity index (χ0v) is 15.2. The van der Waals surface area contributed by atoms with Gasteiger partial charge < -0.3 is 14.6 Å². The zero-order valence-electron chi connectivity index (χ0n) is 15.2. The second kappa shape index (κ2) is 8.63. The lowest BCUT2D eigenvalue weighted by Crippen LogP contribution is -2.15. The number of allylic oxidation sites excluding steroid dienone is 4. The largest absolute Gasteiger partial charge is 0.433 e. The van der Waals surface area contributed by atoms with E-state index < -0.39 is 0 Å². The number of carbonyl (C=O) groups excluding carboxylic acids is 1. The first-order chi connectivity index (χ1) is 11.4. The fourth-order valence-electron chi connectivity index (χ4n) is 3.12.